The van der Waals surface area contributed by atoms with Crippen molar-refractivity contribution < 1.29 is 28.1 Å². The third kappa shape index (κ3) is 6.60. The standard InChI is InChI=1S/C24H22ClFN2O5/c1-30-17-7-4-8-18(12-17)32-15-23(29)28-27-13-16-6-3-11-22(31-2)24(16)33-14-19-20(25)9-5-10-21(19)26/h3-13H,14-15H2,1-2H3,(H,28,29). The topological polar surface area (TPSA) is 78.4 Å². The van der Waals surface area contributed by atoms with Crippen LogP contribution in [0.2, 0.25) is 5.02 Å². The zero-order valence-electron chi connectivity index (χ0n) is 18.0. The number of nitrogens with zero attached hydrogens (tertiary/aromatic N) is 1. The molecule has 172 valence electrons. The molecule has 0 bridgehead atoms. The number of hydrazone groups is 1. The number of carbonyl (C=O) groups excluding carboxylic acids is 1. The molecule has 1 amide bonds. The number of halogens is 2. The van der Waals surface area contributed by atoms with Crippen LogP contribution in [0.5, 0.6) is 23.0 Å². The van der Waals surface area contributed by atoms with E-state index >= 15 is 0 Å². The molecule has 0 radical (unpaired) electrons. The van der Waals surface area contributed by atoms with Crippen molar-refractivity contribution in [2.45, 2.75) is 6.61 Å². The molecule has 0 unspecified atom stereocenters. The van der Waals surface area contributed by atoms with Gasteiger partial charge < -0.3 is 18.9 Å². The molecule has 33 heavy (non-hydrogen) atoms. The van der Waals surface area contributed by atoms with Gasteiger partial charge >= 0.3 is 0 Å². The van der Waals surface area contributed by atoms with Gasteiger partial charge in [0.15, 0.2) is 18.1 Å². The number of rotatable bonds is 10. The molecule has 3 aromatic carbocycles. The van der Waals surface area contributed by atoms with Gasteiger partial charge in [0.25, 0.3) is 5.91 Å². The second kappa shape index (κ2) is 11.7. The molecule has 0 aliphatic carbocycles. The Morgan fingerprint density at radius 3 is 2.55 bits per heavy atom. The maximum atomic E-state index is 14.1. The summed E-state index contributed by atoms with van der Waals surface area (Å²) in [6, 6.07) is 16.4. The van der Waals surface area contributed by atoms with E-state index < -0.39 is 11.7 Å². The molecule has 0 spiro atoms. The molecule has 0 saturated carbocycles. The first-order valence-corrected chi connectivity index (χ1v) is 10.2. The Labute approximate surface area is 195 Å². The Morgan fingerprint density at radius 2 is 1.79 bits per heavy atom. The molecule has 0 heterocycles. The molecule has 0 fully saturated rings. The van der Waals surface area contributed by atoms with Crippen LogP contribution in [0.1, 0.15) is 11.1 Å². The predicted octanol–water partition coefficient (Wildman–Crippen LogP) is 4.60. The maximum Gasteiger partial charge on any atom is 0.277 e. The van der Waals surface area contributed by atoms with E-state index in [2.05, 4.69) is 10.5 Å². The van der Waals surface area contributed by atoms with Crippen molar-refractivity contribution in [1.29, 1.82) is 0 Å². The van der Waals surface area contributed by atoms with Crippen LogP contribution in [0.25, 0.3) is 0 Å². The van der Waals surface area contributed by atoms with Gasteiger partial charge in [0.05, 0.1) is 25.5 Å². The van der Waals surface area contributed by atoms with E-state index in [0.717, 1.165) is 0 Å². The first-order valence-electron chi connectivity index (χ1n) is 9.83. The first-order chi connectivity index (χ1) is 16.0. The van der Waals surface area contributed by atoms with Crippen molar-refractivity contribution in [3.05, 3.63) is 82.6 Å². The third-order valence-electron chi connectivity index (χ3n) is 4.46. The number of benzene rings is 3. The number of hydrogen-bond donors (Lipinski definition) is 1. The summed E-state index contributed by atoms with van der Waals surface area (Å²) in [6.07, 6.45) is 1.39. The number of carbonyl (C=O) groups is 1. The highest BCUT2D eigenvalue weighted by Crippen LogP contribution is 2.32. The summed E-state index contributed by atoms with van der Waals surface area (Å²) in [6.45, 7) is -0.356. The van der Waals surface area contributed by atoms with Gasteiger partial charge in [0.1, 0.15) is 23.9 Å². The van der Waals surface area contributed by atoms with Crippen LogP contribution in [0, 0.1) is 5.82 Å². The molecule has 3 rings (SSSR count). The van der Waals surface area contributed by atoms with E-state index in [1.165, 1.54) is 25.5 Å². The number of para-hydroxylation sites is 1. The van der Waals surface area contributed by atoms with E-state index in [9.17, 15) is 9.18 Å². The fourth-order valence-electron chi connectivity index (χ4n) is 2.81. The van der Waals surface area contributed by atoms with Gasteiger partial charge in [-0.2, -0.15) is 5.10 Å². The van der Waals surface area contributed by atoms with E-state index in [0.29, 0.717) is 28.6 Å². The summed E-state index contributed by atoms with van der Waals surface area (Å²) in [5.74, 6) is 0.912. The lowest BCUT2D eigenvalue weighted by Gasteiger charge is -2.14. The van der Waals surface area contributed by atoms with Crippen LogP contribution >= 0.6 is 11.6 Å². The quantitative estimate of drug-likeness (QED) is 0.344. The van der Waals surface area contributed by atoms with Crippen molar-refractivity contribution in [2.24, 2.45) is 5.10 Å². The highest BCUT2D eigenvalue weighted by atomic mass is 35.5. The molecule has 1 N–H and O–H groups in total. The lowest BCUT2D eigenvalue weighted by molar-refractivity contribution is -0.123. The summed E-state index contributed by atoms with van der Waals surface area (Å²) in [4.78, 5) is 12.1. The van der Waals surface area contributed by atoms with Crippen molar-refractivity contribution in [3.8, 4) is 23.0 Å². The van der Waals surface area contributed by atoms with Gasteiger partial charge in [-0.1, -0.05) is 29.8 Å². The molecule has 9 heteroatoms. The molecule has 0 aliphatic rings. The van der Waals surface area contributed by atoms with E-state index in [-0.39, 0.29) is 23.8 Å². The SMILES string of the molecule is COc1cccc(OCC(=O)NN=Cc2cccc(OC)c2OCc2c(F)cccc2Cl)c1. The Kier molecular flexibility index (Phi) is 8.49. The van der Waals surface area contributed by atoms with Gasteiger partial charge in [-0.25, -0.2) is 9.82 Å². The summed E-state index contributed by atoms with van der Waals surface area (Å²) in [5, 5.41) is 4.20. The minimum Gasteiger partial charge on any atom is -0.497 e. The van der Waals surface area contributed by atoms with E-state index in [4.69, 9.17) is 30.5 Å². The predicted molar refractivity (Wildman–Crippen MR) is 123 cm³/mol. The van der Waals surface area contributed by atoms with Gasteiger partial charge in [-0.05, 0) is 36.4 Å². The Hall–Kier alpha value is -3.78. The van der Waals surface area contributed by atoms with Crippen molar-refractivity contribution >= 4 is 23.7 Å². The molecule has 0 aliphatic heterocycles. The molecule has 0 saturated heterocycles. The fourth-order valence-corrected chi connectivity index (χ4v) is 3.03. The highest BCUT2D eigenvalue weighted by Gasteiger charge is 2.13. The van der Waals surface area contributed by atoms with Crippen LogP contribution < -0.4 is 24.4 Å². The van der Waals surface area contributed by atoms with Gasteiger partial charge in [0, 0.05) is 17.2 Å². The number of nitrogens with one attached hydrogen (secondary N) is 1. The second-order valence-electron chi connectivity index (χ2n) is 6.63. The minimum absolute atomic E-state index is 0.118. The lowest BCUT2D eigenvalue weighted by atomic mass is 10.2. The van der Waals surface area contributed by atoms with Crippen LogP contribution in [0.3, 0.4) is 0 Å². The van der Waals surface area contributed by atoms with Crippen molar-refractivity contribution in [3.63, 3.8) is 0 Å². The number of amides is 1. The molecule has 7 nitrogen and oxygen atoms in total. The molecular weight excluding hydrogens is 451 g/mol. The average molecular weight is 473 g/mol. The first kappa shape index (κ1) is 23.9. The van der Waals surface area contributed by atoms with Crippen LogP contribution in [0.15, 0.2) is 65.8 Å². The zero-order chi connectivity index (χ0) is 23.6. The van der Waals surface area contributed by atoms with Crippen LogP contribution in [-0.2, 0) is 11.4 Å². The Bertz CT molecular complexity index is 1120. The normalized spacial score (nSPS) is 10.7. The largest absolute Gasteiger partial charge is 0.497 e. The summed E-state index contributed by atoms with van der Waals surface area (Å²) in [5.41, 5.74) is 3.11. The summed E-state index contributed by atoms with van der Waals surface area (Å²) in [7, 11) is 3.03. The fraction of sp³-hybridized carbons (Fsp3) is 0.167. The smallest absolute Gasteiger partial charge is 0.277 e. The summed E-state index contributed by atoms with van der Waals surface area (Å²) >= 11 is 6.07. The molecule has 3 aromatic rings. The van der Waals surface area contributed by atoms with E-state index in [1.807, 2.05) is 0 Å². The lowest BCUT2D eigenvalue weighted by Crippen LogP contribution is -2.24. The molecule has 0 atom stereocenters. The van der Waals surface area contributed by atoms with Gasteiger partial charge in [-0.3, -0.25) is 4.79 Å². The van der Waals surface area contributed by atoms with Gasteiger partial charge in [-0.15, -0.1) is 0 Å². The number of ether oxygens (including phenoxy) is 4. The number of hydrogen-bond acceptors (Lipinski definition) is 6. The number of methoxy groups -OCH3 is 2. The van der Waals surface area contributed by atoms with Gasteiger partial charge in [0.2, 0.25) is 0 Å². The average Bonchev–Trinajstić information content (AvgIpc) is 2.83. The van der Waals surface area contributed by atoms with Crippen molar-refractivity contribution in [2.75, 3.05) is 20.8 Å². The van der Waals surface area contributed by atoms with E-state index in [1.54, 1.807) is 55.6 Å². The second-order valence-corrected chi connectivity index (χ2v) is 7.04. The maximum absolute atomic E-state index is 14.1. The third-order valence-corrected chi connectivity index (χ3v) is 4.81. The molecular formula is C24H22ClFN2O5. The van der Waals surface area contributed by atoms with Crippen molar-refractivity contribution in [1.82, 2.24) is 5.43 Å². The monoisotopic (exact) mass is 472 g/mol. The molecule has 0 aromatic heterocycles. The van der Waals surface area contributed by atoms with Crippen LogP contribution in [0.4, 0.5) is 4.39 Å². The zero-order valence-corrected chi connectivity index (χ0v) is 18.8. The van der Waals surface area contributed by atoms with Crippen LogP contribution in [-0.4, -0.2) is 32.9 Å². The summed E-state index contributed by atoms with van der Waals surface area (Å²) < 4.78 is 35.8. The minimum atomic E-state index is -0.476. The Balaban J connectivity index is 1.64. The highest BCUT2D eigenvalue weighted by molar-refractivity contribution is 6.31. The Morgan fingerprint density at radius 1 is 1.03 bits per heavy atom.